The monoisotopic (exact) mass is 176 g/mol. The van der Waals surface area contributed by atoms with Gasteiger partial charge in [-0.05, 0) is 25.5 Å². The first-order chi connectivity index (χ1) is 6.33. The molecule has 13 heavy (non-hydrogen) atoms. The SMILES string of the molecule is CCOc1c[nH]c2c(C)ccnc12. The summed E-state index contributed by atoms with van der Waals surface area (Å²) in [5, 5.41) is 0. The Kier molecular flexibility index (Phi) is 1.93. The van der Waals surface area contributed by atoms with Crippen LogP contribution in [0, 0.1) is 6.92 Å². The summed E-state index contributed by atoms with van der Waals surface area (Å²) in [4.78, 5) is 7.42. The van der Waals surface area contributed by atoms with E-state index in [0.717, 1.165) is 16.8 Å². The highest BCUT2D eigenvalue weighted by Crippen LogP contribution is 2.24. The average molecular weight is 176 g/mol. The fourth-order valence-corrected chi connectivity index (χ4v) is 1.40. The molecule has 0 aliphatic heterocycles. The van der Waals surface area contributed by atoms with Crippen LogP contribution in [0.25, 0.3) is 11.0 Å². The highest BCUT2D eigenvalue weighted by atomic mass is 16.5. The molecule has 3 heteroatoms. The van der Waals surface area contributed by atoms with Crippen molar-refractivity contribution in [2.45, 2.75) is 13.8 Å². The maximum atomic E-state index is 5.42. The number of fused-ring (bicyclic) bond motifs is 1. The molecule has 0 amide bonds. The van der Waals surface area contributed by atoms with Gasteiger partial charge < -0.3 is 9.72 Å². The van der Waals surface area contributed by atoms with Gasteiger partial charge in [-0.15, -0.1) is 0 Å². The van der Waals surface area contributed by atoms with E-state index in [9.17, 15) is 0 Å². The zero-order chi connectivity index (χ0) is 9.26. The lowest BCUT2D eigenvalue weighted by Gasteiger charge is -1.99. The van der Waals surface area contributed by atoms with E-state index in [4.69, 9.17) is 4.74 Å². The van der Waals surface area contributed by atoms with Crippen molar-refractivity contribution in [2.75, 3.05) is 6.61 Å². The van der Waals surface area contributed by atoms with Crippen LogP contribution in [0.3, 0.4) is 0 Å². The summed E-state index contributed by atoms with van der Waals surface area (Å²) in [6.45, 7) is 4.69. The van der Waals surface area contributed by atoms with E-state index < -0.39 is 0 Å². The van der Waals surface area contributed by atoms with Gasteiger partial charge in [0.1, 0.15) is 5.52 Å². The number of nitrogens with one attached hydrogen (secondary N) is 1. The molecule has 0 aliphatic rings. The first-order valence-electron chi connectivity index (χ1n) is 4.38. The summed E-state index contributed by atoms with van der Waals surface area (Å²) in [6.07, 6.45) is 3.65. The Morgan fingerprint density at radius 2 is 2.38 bits per heavy atom. The normalized spacial score (nSPS) is 10.6. The number of ether oxygens (including phenoxy) is 1. The van der Waals surface area contributed by atoms with Crippen molar-refractivity contribution in [3.63, 3.8) is 0 Å². The Hall–Kier alpha value is -1.51. The molecular weight excluding hydrogens is 164 g/mol. The van der Waals surface area contributed by atoms with E-state index in [1.54, 1.807) is 6.20 Å². The van der Waals surface area contributed by atoms with Gasteiger partial charge in [-0.3, -0.25) is 4.98 Å². The predicted octanol–water partition coefficient (Wildman–Crippen LogP) is 2.27. The standard InChI is InChI=1S/C10H12N2O/c1-3-13-8-6-12-9-7(2)4-5-11-10(8)9/h4-6,12H,3H2,1-2H3. The van der Waals surface area contributed by atoms with Gasteiger partial charge >= 0.3 is 0 Å². The molecule has 0 spiro atoms. The number of aryl methyl sites for hydroxylation is 1. The molecule has 0 bridgehead atoms. The first kappa shape index (κ1) is 8.10. The van der Waals surface area contributed by atoms with Crippen LogP contribution in [0.1, 0.15) is 12.5 Å². The van der Waals surface area contributed by atoms with Gasteiger partial charge in [-0.25, -0.2) is 0 Å². The predicted molar refractivity (Wildman–Crippen MR) is 52.0 cm³/mol. The number of hydrogen-bond donors (Lipinski definition) is 1. The Labute approximate surface area is 76.8 Å². The second-order valence-electron chi connectivity index (χ2n) is 2.94. The van der Waals surface area contributed by atoms with Crippen LogP contribution in [0.4, 0.5) is 0 Å². The Balaban J connectivity index is 2.61. The largest absolute Gasteiger partial charge is 0.490 e. The van der Waals surface area contributed by atoms with Gasteiger partial charge in [0.15, 0.2) is 5.75 Å². The number of hydrogen-bond acceptors (Lipinski definition) is 2. The van der Waals surface area contributed by atoms with Crippen LogP contribution in [0.2, 0.25) is 0 Å². The molecule has 0 radical (unpaired) electrons. The van der Waals surface area contributed by atoms with E-state index >= 15 is 0 Å². The van der Waals surface area contributed by atoms with E-state index in [0.29, 0.717) is 6.61 Å². The second kappa shape index (κ2) is 3.09. The molecule has 0 aromatic carbocycles. The first-order valence-corrected chi connectivity index (χ1v) is 4.38. The molecule has 0 unspecified atom stereocenters. The molecule has 0 saturated carbocycles. The summed E-state index contributed by atoms with van der Waals surface area (Å²) < 4.78 is 5.42. The maximum absolute atomic E-state index is 5.42. The Morgan fingerprint density at radius 3 is 3.15 bits per heavy atom. The van der Waals surface area contributed by atoms with Gasteiger partial charge in [0.05, 0.1) is 12.1 Å². The van der Waals surface area contributed by atoms with Crippen LogP contribution in [-0.4, -0.2) is 16.6 Å². The third-order valence-electron chi connectivity index (χ3n) is 2.04. The lowest BCUT2D eigenvalue weighted by atomic mass is 10.2. The van der Waals surface area contributed by atoms with Crippen LogP contribution in [-0.2, 0) is 0 Å². The second-order valence-corrected chi connectivity index (χ2v) is 2.94. The molecule has 2 heterocycles. The zero-order valence-corrected chi connectivity index (χ0v) is 7.79. The van der Waals surface area contributed by atoms with Gasteiger partial charge in [0.2, 0.25) is 0 Å². The fourth-order valence-electron chi connectivity index (χ4n) is 1.40. The molecule has 0 fully saturated rings. The van der Waals surface area contributed by atoms with Crippen LogP contribution in [0.5, 0.6) is 5.75 Å². The number of rotatable bonds is 2. The topological polar surface area (TPSA) is 37.9 Å². The summed E-state index contributed by atoms with van der Waals surface area (Å²) in [6, 6.07) is 1.98. The Morgan fingerprint density at radius 1 is 1.54 bits per heavy atom. The summed E-state index contributed by atoms with van der Waals surface area (Å²) in [5.41, 5.74) is 3.17. The molecule has 2 aromatic rings. The van der Waals surface area contributed by atoms with E-state index in [1.165, 1.54) is 5.56 Å². The van der Waals surface area contributed by atoms with Crippen molar-refractivity contribution >= 4 is 11.0 Å². The summed E-state index contributed by atoms with van der Waals surface area (Å²) in [5.74, 6) is 0.834. The molecule has 0 saturated heterocycles. The van der Waals surface area contributed by atoms with E-state index in [1.807, 2.05) is 19.2 Å². The molecule has 0 atom stereocenters. The Bertz CT molecular complexity index is 420. The van der Waals surface area contributed by atoms with Crippen molar-refractivity contribution in [1.29, 1.82) is 0 Å². The maximum Gasteiger partial charge on any atom is 0.162 e. The summed E-state index contributed by atoms with van der Waals surface area (Å²) in [7, 11) is 0. The molecule has 3 nitrogen and oxygen atoms in total. The van der Waals surface area contributed by atoms with Crippen LogP contribution < -0.4 is 4.74 Å². The molecule has 2 aromatic heterocycles. The third-order valence-corrected chi connectivity index (χ3v) is 2.04. The van der Waals surface area contributed by atoms with Crippen molar-refractivity contribution in [1.82, 2.24) is 9.97 Å². The van der Waals surface area contributed by atoms with Crippen molar-refractivity contribution < 1.29 is 4.74 Å². The number of nitrogens with zero attached hydrogens (tertiary/aromatic N) is 1. The lowest BCUT2D eigenvalue weighted by Crippen LogP contribution is -1.90. The van der Waals surface area contributed by atoms with E-state index in [2.05, 4.69) is 16.9 Å². The molecule has 1 N–H and O–H groups in total. The number of aromatic nitrogens is 2. The molecule has 0 aliphatic carbocycles. The smallest absolute Gasteiger partial charge is 0.162 e. The van der Waals surface area contributed by atoms with Crippen LogP contribution >= 0.6 is 0 Å². The van der Waals surface area contributed by atoms with Crippen molar-refractivity contribution in [2.24, 2.45) is 0 Å². The fraction of sp³-hybridized carbons (Fsp3) is 0.300. The van der Waals surface area contributed by atoms with E-state index in [-0.39, 0.29) is 0 Å². The third kappa shape index (κ3) is 1.26. The molecule has 2 rings (SSSR count). The van der Waals surface area contributed by atoms with Gasteiger partial charge in [-0.1, -0.05) is 0 Å². The number of pyridine rings is 1. The van der Waals surface area contributed by atoms with Gasteiger partial charge in [0, 0.05) is 12.4 Å². The van der Waals surface area contributed by atoms with Crippen molar-refractivity contribution in [3.05, 3.63) is 24.0 Å². The summed E-state index contributed by atoms with van der Waals surface area (Å²) >= 11 is 0. The zero-order valence-electron chi connectivity index (χ0n) is 7.79. The van der Waals surface area contributed by atoms with Gasteiger partial charge in [0.25, 0.3) is 0 Å². The minimum Gasteiger partial charge on any atom is -0.490 e. The average Bonchev–Trinajstić information content (AvgIpc) is 2.51. The quantitative estimate of drug-likeness (QED) is 0.762. The molecule has 68 valence electrons. The van der Waals surface area contributed by atoms with Gasteiger partial charge in [-0.2, -0.15) is 0 Å². The molecular formula is C10H12N2O. The highest BCUT2D eigenvalue weighted by Gasteiger charge is 2.06. The highest BCUT2D eigenvalue weighted by molar-refractivity contribution is 5.84. The van der Waals surface area contributed by atoms with Crippen molar-refractivity contribution in [3.8, 4) is 5.75 Å². The van der Waals surface area contributed by atoms with Crippen LogP contribution in [0.15, 0.2) is 18.5 Å². The number of aromatic amines is 1. The number of H-pyrrole nitrogens is 1. The lowest BCUT2D eigenvalue weighted by molar-refractivity contribution is 0.343. The minimum absolute atomic E-state index is 0.669. The minimum atomic E-state index is 0.669.